The molecule has 0 saturated carbocycles. The van der Waals surface area contributed by atoms with Crippen molar-refractivity contribution in [2.24, 2.45) is 13.0 Å². The maximum Gasteiger partial charge on any atom is 0.244 e. The molecule has 1 unspecified atom stereocenters. The molecule has 3 aromatic rings. The van der Waals surface area contributed by atoms with Crippen molar-refractivity contribution in [2.75, 3.05) is 18.0 Å². The second-order valence-corrected chi connectivity index (χ2v) is 9.63. The van der Waals surface area contributed by atoms with Gasteiger partial charge in [0, 0.05) is 44.4 Å². The van der Waals surface area contributed by atoms with Gasteiger partial charge in [0.05, 0.1) is 17.5 Å². The zero-order valence-corrected chi connectivity index (χ0v) is 18.6. The van der Waals surface area contributed by atoms with Crippen LogP contribution in [0.15, 0.2) is 6.20 Å². The van der Waals surface area contributed by atoms with Gasteiger partial charge in [-0.2, -0.15) is 10.1 Å². The van der Waals surface area contributed by atoms with Gasteiger partial charge in [0.1, 0.15) is 16.5 Å². The van der Waals surface area contributed by atoms with Gasteiger partial charge in [0.15, 0.2) is 5.78 Å². The normalized spacial score (nSPS) is 18.8. The van der Waals surface area contributed by atoms with Crippen molar-refractivity contribution < 1.29 is 4.79 Å². The van der Waals surface area contributed by atoms with Crippen LogP contribution in [0, 0.1) is 19.8 Å². The zero-order chi connectivity index (χ0) is 20.8. The number of thiazole rings is 1. The van der Waals surface area contributed by atoms with E-state index in [0.29, 0.717) is 12.1 Å². The Morgan fingerprint density at radius 2 is 2.00 bits per heavy atom. The second-order valence-electron chi connectivity index (χ2n) is 8.42. The largest absolute Gasteiger partial charge is 0.340 e. The van der Waals surface area contributed by atoms with Gasteiger partial charge in [0.2, 0.25) is 5.95 Å². The van der Waals surface area contributed by atoms with E-state index < -0.39 is 0 Å². The lowest BCUT2D eigenvalue weighted by molar-refractivity contribution is 0.0944. The number of fused-ring (bicyclic) bond motifs is 1. The van der Waals surface area contributed by atoms with E-state index in [1.165, 1.54) is 17.7 Å². The molecule has 9 heteroatoms. The van der Waals surface area contributed by atoms with Gasteiger partial charge >= 0.3 is 0 Å². The first-order valence-corrected chi connectivity index (χ1v) is 11.5. The Hall–Kier alpha value is -2.55. The molecular weight excluding hydrogens is 398 g/mol. The van der Waals surface area contributed by atoms with Crippen LogP contribution in [-0.2, 0) is 20.0 Å². The van der Waals surface area contributed by atoms with Gasteiger partial charge in [-0.3, -0.25) is 9.48 Å². The lowest BCUT2D eigenvalue weighted by Crippen LogP contribution is -2.23. The summed E-state index contributed by atoms with van der Waals surface area (Å²) in [5.74, 6) is 2.28. The average molecular weight is 426 g/mol. The maximum atomic E-state index is 13.3. The van der Waals surface area contributed by atoms with E-state index in [2.05, 4.69) is 21.9 Å². The predicted molar refractivity (Wildman–Crippen MR) is 116 cm³/mol. The monoisotopic (exact) mass is 425 g/mol. The van der Waals surface area contributed by atoms with E-state index in [4.69, 9.17) is 10.1 Å². The Balaban J connectivity index is 1.33. The van der Waals surface area contributed by atoms with Crippen LogP contribution in [0.4, 0.5) is 5.95 Å². The Morgan fingerprint density at radius 1 is 1.20 bits per heavy atom. The number of hydrogen-bond donors (Lipinski definition) is 0. The van der Waals surface area contributed by atoms with Crippen molar-refractivity contribution in [3.05, 3.63) is 28.3 Å². The minimum Gasteiger partial charge on any atom is -0.340 e. The highest BCUT2D eigenvalue weighted by Gasteiger charge is 2.28. The number of rotatable bonds is 5. The predicted octanol–water partition coefficient (Wildman–Crippen LogP) is 3.19. The van der Waals surface area contributed by atoms with Crippen LogP contribution >= 0.6 is 11.3 Å². The molecule has 0 amide bonds. The number of Topliss-reactive ketones (excluding diaryl/α,β-unsaturated/α-hetero) is 1. The zero-order valence-electron chi connectivity index (χ0n) is 17.8. The number of aromatic nitrogens is 6. The number of aryl methyl sites for hydroxylation is 4. The number of hydrogen-bond acceptors (Lipinski definition) is 7. The van der Waals surface area contributed by atoms with Crippen molar-refractivity contribution in [3.63, 3.8) is 0 Å². The molecule has 0 radical (unpaired) electrons. The van der Waals surface area contributed by atoms with Gasteiger partial charge in [-0.15, -0.1) is 16.4 Å². The molecule has 2 aliphatic heterocycles. The Bertz CT molecular complexity index is 1070. The number of carbonyl (C=O) groups is 1. The third-order valence-corrected chi connectivity index (χ3v) is 7.39. The lowest BCUT2D eigenvalue weighted by Gasteiger charge is -2.21. The summed E-state index contributed by atoms with van der Waals surface area (Å²) in [5.41, 5.74) is 2.52. The SMILES string of the molecule is Cc1nc(-c2cnn(C)c2C(=O)CC2CCn3nc(N4CCCC4)nc3C2)sc1C. The first-order chi connectivity index (χ1) is 14.5. The van der Waals surface area contributed by atoms with Crippen molar-refractivity contribution >= 4 is 23.1 Å². The quantitative estimate of drug-likeness (QED) is 0.584. The van der Waals surface area contributed by atoms with Gasteiger partial charge in [-0.25, -0.2) is 9.67 Å². The fourth-order valence-corrected chi connectivity index (χ4v) is 5.38. The lowest BCUT2D eigenvalue weighted by atomic mass is 9.91. The summed E-state index contributed by atoms with van der Waals surface area (Å²) in [6, 6.07) is 0. The Kier molecular flexibility index (Phi) is 4.92. The number of nitrogens with zero attached hydrogens (tertiary/aromatic N) is 7. The molecule has 30 heavy (non-hydrogen) atoms. The molecular formula is C21H27N7OS. The van der Waals surface area contributed by atoms with E-state index in [9.17, 15) is 4.79 Å². The molecule has 2 aliphatic rings. The van der Waals surface area contributed by atoms with Crippen LogP contribution < -0.4 is 4.90 Å². The molecule has 3 aromatic heterocycles. The van der Waals surface area contributed by atoms with Gasteiger partial charge < -0.3 is 4.90 Å². The molecule has 1 atom stereocenters. The molecule has 1 fully saturated rings. The number of ketones is 1. The summed E-state index contributed by atoms with van der Waals surface area (Å²) in [7, 11) is 1.84. The molecule has 0 aliphatic carbocycles. The fourth-order valence-electron chi connectivity index (χ4n) is 4.45. The van der Waals surface area contributed by atoms with Gasteiger partial charge in [0.25, 0.3) is 0 Å². The Morgan fingerprint density at radius 3 is 2.73 bits per heavy atom. The summed E-state index contributed by atoms with van der Waals surface area (Å²) in [5, 5.41) is 9.94. The van der Waals surface area contributed by atoms with E-state index >= 15 is 0 Å². The first kappa shape index (κ1) is 19.4. The van der Waals surface area contributed by atoms with E-state index in [1.807, 2.05) is 18.7 Å². The minimum absolute atomic E-state index is 0.133. The summed E-state index contributed by atoms with van der Waals surface area (Å²) < 4.78 is 3.73. The molecule has 158 valence electrons. The summed E-state index contributed by atoms with van der Waals surface area (Å²) >= 11 is 1.62. The van der Waals surface area contributed by atoms with Crippen molar-refractivity contribution in [1.82, 2.24) is 29.5 Å². The summed E-state index contributed by atoms with van der Waals surface area (Å²) in [6.45, 7) is 6.98. The van der Waals surface area contributed by atoms with Gasteiger partial charge in [-0.1, -0.05) is 0 Å². The second kappa shape index (κ2) is 7.61. The fraction of sp³-hybridized carbons (Fsp3) is 0.571. The Labute approximate surface area is 179 Å². The van der Waals surface area contributed by atoms with E-state index in [-0.39, 0.29) is 11.7 Å². The molecule has 8 nitrogen and oxygen atoms in total. The topological polar surface area (TPSA) is 81.7 Å². The summed E-state index contributed by atoms with van der Waals surface area (Å²) in [6.07, 6.45) is 6.45. The van der Waals surface area contributed by atoms with Crippen molar-refractivity contribution in [1.29, 1.82) is 0 Å². The van der Waals surface area contributed by atoms with Crippen LogP contribution in [0.25, 0.3) is 10.6 Å². The molecule has 5 rings (SSSR count). The molecule has 0 N–H and O–H groups in total. The number of carbonyl (C=O) groups excluding carboxylic acids is 1. The first-order valence-electron chi connectivity index (χ1n) is 10.7. The standard InChI is InChI=1S/C21H27N7OS/c1-13-14(2)30-20(23-13)16-12-22-26(3)19(16)17(29)10-15-6-9-28-18(11-15)24-21(25-28)27-7-4-5-8-27/h12,15H,4-11H2,1-3H3. The maximum absolute atomic E-state index is 13.3. The van der Waals surface area contributed by atoms with Crippen LogP contribution in [0.5, 0.6) is 0 Å². The van der Waals surface area contributed by atoms with Gasteiger partial charge in [-0.05, 0) is 39.0 Å². The molecule has 1 saturated heterocycles. The molecule has 5 heterocycles. The molecule has 0 spiro atoms. The third-order valence-electron chi connectivity index (χ3n) is 6.28. The highest BCUT2D eigenvalue weighted by molar-refractivity contribution is 7.15. The van der Waals surface area contributed by atoms with Crippen LogP contribution in [-0.4, -0.2) is 48.4 Å². The minimum atomic E-state index is 0.133. The highest BCUT2D eigenvalue weighted by atomic mass is 32.1. The van der Waals surface area contributed by atoms with Crippen LogP contribution in [0.2, 0.25) is 0 Å². The number of anilines is 1. The highest BCUT2D eigenvalue weighted by Crippen LogP contribution is 2.32. The summed E-state index contributed by atoms with van der Waals surface area (Å²) in [4.78, 5) is 26.1. The van der Waals surface area contributed by atoms with Crippen LogP contribution in [0.1, 0.15) is 52.6 Å². The van der Waals surface area contributed by atoms with Crippen LogP contribution in [0.3, 0.4) is 0 Å². The third kappa shape index (κ3) is 3.45. The van der Waals surface area contributed by atoms with Crippen molar-refractivity contribution in [2.45, 2.75) is 52.5 Å². The van der Waals surface area contributed by atoms with Crippen molar-refractivity contribution in [3.8, 4) is 10.6 Å². The average Bonchev–Trinajstić information content (AvgIpc) is 3.48. The smallest absolute Gasteiger partial charge is 0.244 e. The van der Waals surface area contributed by atoms with E-state index in [1.54, 1.807) is 22.2 Å². The van der Waals surface area contributed by atoms with E-state index in [0.717, 1.165) is 60.5 Å². The molecule has 0 bridgehead atoms. The molecule has 0 aromatic carbocycles.